The molecule has 9 heteroatoms. The summed E-state index contributed by atoms with van der Waals surface area (Å²) in [6.45, 7) is 0.596. The number of aromatic nitrogens is 5. The minimum atomic E-state index is -0.885. The number of nitrogens with zero attached hydrogens (tertiary/aromatic N) is 5. The lowest BCUT2D eigenvalue weighted by atomic mass is 10.3. The number of carboxylic acids is 1. The van der Waals surface area contributed by atoms with Crippen molar-refractivity contribution >= 4 is 29.1 Å². The SMILES string of the molecule is O=C(O)CSc1nnnn1CCc1cscn1. The molecular formula is C8H9N5O2S2. The van der Waals surface area contributed by atoms with Crippen molar-refractivity contribution in [3.63, 3.8) is 0 Å². The maximum atomic E-state index is 10.4. The predicted molar refractivity (Wildman–Crippen MR) is 62.0 cm³/mol. The third-order valence-corrected chi connectivity index (χ3v) is 3.46. The van der Waals surface area contributed by atoms with Crippen molar-refractivity contribution in [2.24, 2.45) is 0 Å². The molecule has 0 saturated carbocycles. The Morgan fingerprint density at radius 2 is 2.47 bits per heavy atom. The highest BCUT2D eigenvalue weighted by atomic mass is 32.2. The van der Waals surface area contributed by atoms with Crippen molar-refractivity contribution in [1.29, 1.82) is 0 Å². The van der Waals surface area contributed by atoms with E-state index in [1.54, 1.807) is 21.5 Å². The highest BCUT2D eigenvalue weighted by Crippen LogP contribution is 2.13. The second-order valence-electron chi connectivity index (χ2n) is 3.10. The van der Waals surface area contributed by atoms with E-state index >= 15 is 0 Å². The van der Waals surface area contributed by atoms with E-state index in [0.29, 0.717) is 11.7 Å². The molecule has 1 N–H and O–H groups in total. The van der Waals surface area contributed by atoms with Crippen LogP contribution in [0.2, 0.25) is 0 Å². The van der Waals surface area contributed by atoms with E-state index in [-0.39, 0.29) is 5.75 Å². The van der Waals surface area contributed by atoms with Crippen LogP contribution in [-0.2, 0) is 17.8 Å². The molecule has 2 rings (SSSR count). The summed E-state index contributed by atoms with van der Waals surface area (Å²) in [6, 6.07) is 0. The van der Waals surface area contributed by atoms with Crippen LogP contribution in [0.3, 0.4) is 0 Å². The number of thiazole rings is 1. The molecule has 2 heterocycles. The number of thioether (sulfide) groups is 1. The summed E-state index contributed by atoms with van der Waals surface area (Å²) in [5, 5.41) is 22.2. The Kier molecular flexibility index (Phi) is 4.04. The monoisotopic (exact) mass is 271 g/mol. The van der Waals surface area contributed by atoms with Gasteiger partial charge < -0.3 is 5.11 Å². The first-order valence-electron chi connectivity index (χ1n) is 4.73. The van der Waals surface area contributed by atoms with Crippen LogP contribution in [0.5, 0.6) is 0 Å². The summed E-state index contributed by atoms with van der Waals surface area (Å²) >= 11 is 2.65. The molecule has 90 valence electrons. The van der Waals surface area contributed by atoms with Crippen molar-refractivity contribution in [3.05, 3.63) is 16.6 Å². The van der Waals surface area contributed by atoms with Crippen LogP contribution in [0.4, 0.5) is 0 Å². The molecule has 0 fully saturated rings. The standard InChI is InChI=1S/C8H9N5O2S2/c14-7(15)4-17-8-10-11-12-13(8)2-1-6-3-16-5-9-6/h3,5H,1-2,4H2,(H,14,15). The number of carboxylic acid groups (broad SMARTS) is 1. The van der Waals surface area contributed by atoms with E-state index in [1.807, 2.05) is 5.38 Å². The highest BCUT2D eigenvalue weighted by molar-refractivity contribution is 7.99. The Hall–Kier alpha value is -1.48. The molecule has 0 aliphatic heterocycles. The number of hydrogen-bond donors (Lipinski definition) is 1. The smallest absolute Gasteiger partial charge is 0.313 e. The van der Waals surface area contributed by atoms with Crippen LogP contribution in [0, 0.1) is 0 Å². The molecule has 0 saturated heterocycles. The Bertz CT molecular complexity index is 484. The van der Waals surface area contributed by atoms with Gasteiger partial charge >= 0.3 is 5.97 Å². The maximum absolute atomic E-state index is 10.4. The summed E-state index contributed by atoms with van der Waals surface area (Å²) in [5.74, 6) is -0.930. The van der Waals surface area contributed by atoms with Crippen molar-refractivity contribution in [2.75, 3.05) is 5.75 Å². The molecule has 0 aliphatic rings. The summed E-state index contributed by atoms with van der Waals surface area (Å²) in [7, 11) is 0. The molecule has 0 atom stereocenters. The van der Waals surface area contributed by atoms with E-state index in [9.17, 15) is 4.79 Å². The van der Waals surface area contributed by atoms with Crippen LogP contribution in [0.25, 0.3) is 0 Å². The molecule has 17 heavy (non-hydrogen) atoms. The number of aryl methyl sites for hydroxylation is 2. The molecule has 2 aromatic rings. The second-order valence-corrected chi connectivity index (χ2v) is 4.76. The number of tetrazole rings is 1. The zero-order valence-electron chi connectivity index (χ0n) is 8.68. The van der Waals surface area contributed by atoms with Gasteiger partial charge in [0.05, 0.1) is 23.5 Å². The number of aliphatic carboxylic acids is 1. The third-order valence-electron chi connectivity index (χ3n) is 1.89. The number of carbonyl (C=O) groups is 1. The average molecular weight is 271 g/mol. The van der Waals surface area contributed by atoms with Gasteiger partial charge in [-0.15, -0.1) is 16.4 Å². The van der Waals surface area contributed by atoms with Crippen molar-refractivity contribution in [3.8, 4) is 0 Å². The highest BCUT2D eigenvalue weighted by Gasteiger charge is 2.09. The molecule has 0 spiro atoms. The van der Waals surface area contributed by atoms with Gasteiger partial charge in [0.2, 0.25) is 5.16 Å². The summed E-state index contributed by atoms with van der Waals surface area (Å²) in [4.78, 5) is 14.6. The molecule has 0 aromatic carbocycles. The summed E-state index contributed by atoms with van der Waals surface area (Å²) < 4.78 is 1.59. The van der Waals surface area contributed by atoms with Crippen molar-refractivity contribution in [2.45, 2.75) is 18.1 Å². The summed E-state index contributed by atoms with van der Waals surface area (Å²) in [6.07, 6.45) is 0.731. The zero-order chi connectivity index (χ0) is 12.1. The van der Waals surface area contributed by atoms with Gasteiger partial charge in [-0.05, 0) is 10.4 Å². The van der Waals surface area contributed by atoms with Gasteiger partial charge in [0.15, 0.2) is 0 Å². The maximum Gasteiger partial charge on any atom is 0.313 e. The van der Waals surface area contributed by atoms with Crippen LogP contribution >= 0.6 is 23.1 Å². The Morgan fingerprint density at radius 1 is 1.59 bits per heavy atom. The van der Waals surface area contributed by atoms with Gasteiger partial charge in [0.1, 0.15) is 0 Å². The third kappa shape index (κ3) is 3.49. The molecule has 0 radical (unpaired) electrons. The lowest BCUT2D eigenvalue weighted by molar-refractivity contribution is -0.133. The van der Waals surface area contributed by atoms with Gasteiger partial charge in [-0.25, -0.2) is 9.67 Å². The first-order chi connectivity index (χ1) is 8.25. The van der Waals surface area contributed by atoms with E-state index in [1.165, 1.54) is 0 Å². The van der Waals surface area contributed by atoms with Crippen molar-refractivity contribution in [1.82, 2.24) is 25.2 Å². The van der Waals surface area contributed by atoms with Gasteiger partial charge in [-0.2, -0.15) is 0 Å². The zero-order valence-corrected chi connectivity index (χ0v) is 10.3. The number of hydrogen-bond acceptors (Lipinski definition) is 7. The van der Waals surface area contributed by atoms with Crippen LogP contribution in [0.15, 0.2) is 16.0 Å². The molecule has 2 aromatic heterocycles. The minimum absolute atomic E-state index is 0.0446. The van der Waals surface area contributed by atoms with E-state index < -0.39 is 5.97 Å². The number of rotatable bonds is 6. The average Bonchev–Trinajstić information content (AvgIpc) is 2.95. The first kappa shape index (κ1) is 12.0. The Balaban J connectivity index is 1.92. The quantitative estimate of drug-likeness (QED) is 0.767. The summed E-state index contributed by atoms with van der Waals surface area (Å²) in [5.41, 5.74) is 2.76. The van der Waals surface area contributed by atoms with Gasteiger partial charge in [-0.1, -0.05) is 11.8 Å². The van der Waals surface area contributed by atoms with Crippen molar-refractivity contribution < 1.29 is 9.90 Å². The normalized spacial score (nSPS) is 10.6. The van der Waals surface area contributed by atoms with E-state index in [0.717, 1.165) is 23.9 Å². The largest absolute Gasteiger partial charge is 0.481 e. The minimum Gasteiger partial charge on any atom is -0.481 e. The first-order valence-corrected chi connectivity index (χ1v) is 6.66. The Labute approximate surface area is 105 Å². The Morgan fingerprint density at radius 3 is 3.18 bits per heavy atom. The van der Waals surface area contributed by atoms with Crippen LogP contribution in [-0.4, -0.2) is 42.0 Å². The molecule has 0 aliphatic carbocycles. The fraction of sp³-hybridized carbons (Fsp3) is 0.375. The molecule has 0 amide bonds. The predicted octanol–water partition coefficient (Wildman–Crippen LogP) is 0.549. The molecule has 7 nitrogen and oxygen atoms in total. The van der Waals surface area contributed by atoms with Gasteiger partial charge in [0, 0.05) is 11.8 Å². The topological polar surface area (TPSA) is 93.8 Å². The molecular weight excluding hydrogens is 262 g/mol. The van der Waals surface area contributed by atoms with Crippen LogP contribution in [0.1, 0.15) is 5.69 Å². The van der Waals surface area contributed by atoms with Gasteiger partial charge in [-0.3, -0.25) is 4.79 Å². The second kappa shape index (κ2) is 5.73. The fourth-order valence-corrected chi connectivity index (χ4v) is 2.36. The van der Waals surface area contributed by atoms with E-state index in [2.05, 4.69) is 20.5 Å². The van der Waals surface area contributed by atoms with E-state index in [4.69, 9.17) is 5.11 Å². The lowest BCUT2D eigenvalue weighted by Crippen LogP contribution is -2.07. The van der Waals surface area contributed by atoms with Crippen LogP contribution < -0.4 is 0 Å². The van der Waals surface area contributed by atoms with Gasteiger partial charge in [0.25, 0.3) is 0 Å². The molecule has 0 unspecified atom stereocenters. The molecule has 0 bridgehead atoms. The fourth-order valence-electron chi connectivity index (χ4n) is 1.15. The lowest BCUT2D eigenvalue weighted by Gasteiger charge is -2.01.